The van der Waals surface area contributed by atoms with Gasteiger partial charge in [0.2, 0.25) is 0 Å². The molecular weight excluding hydrogens is 437 g/mol. The minimum atomic E-state index is -0.269. The molecule has 0 saturated carbocycles. The molecule has 0 N–H and O–H groups in total. The van der Waals surface area contributed by atoms with Crippen LogP contribution < -0.4 is 0 Å². The van der Waals surface area contributed by atoms with E-state index in [4.69, 9.17) is 5.10 Å². The summed E-state index contributed by atoms with van der Waals surface area (Å²) in [6.07, 6.45) is 0. The van der Waals surface area contributed by atoms with Gasteiger partial charge in [-0.2, -0.15) is 5.10 Å². The normalized spacial score (nSPS) is 11.7. The van der Waals surface area contributed by atoms with Crippen molar-refractivity contribution in [2.45, 2.75) is 37.9 Å². The summed E-state index contributed by atoms with van der Waals surface area (Å²) in [4.78, 5) is 12.5. The maximum atomic E-state index is 13.4. The van der Waals surface area contributed by atoms with Crippen LogP contribution in [0.5, 0.6) is 0 Å². The first-order valence-corrected chi connectivity index (χ1v) is 11.6. The Bertz CT molecular complexity index is 1260. The lowest BCUT2D eigenvalue weighted by atomic mass is 9.92. The average Bonchev–Trinajstić information content (AvgIpc) is 3.37. The third-order valence-electron chi connectivity index (χ3n) is 5.29. The van der Waals surface area contributed by atoms with Crippen LogP contribution in [0.4, 0.5) is 4.39 Å². The summed E-state index contributed by atoms with van der Waals surface area (Å²) in [6, 6.07) is 17.7. The van der Waals surface area contributed by atoms with Crippen molar-refractivity contribution in [1.29, 1.82) is 0 Å². The van der Waals surface area contributed by atoms with Gasteiger partial charge in [0.1, 0.15) is 11.5 Å². The highest BCUT2D eigenvalue weighted by Gasteiger charge is 2.24. The molecule has 4 rings (SSSR count). The number of rotatable bonds is 7. The SMILES string of the molecule is Cn1c(SCC(=O)c2ccccc2)nnc1-c1cc(C(C)(C)C)nn1Cc1ccc(F)cc1. The summed E-state index contributed by atoms with van der Waals surface area (Å²) in [5.74, 6) is 0.712. The van der Waals surface area contributed by atoms with E-state index in [1.807, 2.05) is 52.7 Å². The van der Waals surface area contributed by atoms with E-state index >= 15 is 0 Å². The highest BCUT2D eigenvalue weighted by molar-refractivity contribution is 7.99. The van der Waals surface area contributed by atoms with Crippen molar-refractivity contribution in [1.82, 2.24) is 24.5 Å². The molecule has 0 fully saturated rings. The molecule has 8 heteroatoms. The number of thioether (sulfide) groups is 1. The molecular formula is C25H26FN5OS. The highest BCUT2D eigenvalue weighted by atomic mass is 32.2. The van der Waals surface area contributed by atoms with Crippen LogP contribution in [0.3, 0.4) is 0 Å². The van der Waals surface area contributed by atoms with Crippen molar-refractivity contribution < 1.29 is 9.18 Å². The van der Waals surface area contributed by atoms with Crippen molar-refractivity contribution in [3.05, 3.63) is 83.3 Å². The van der Waals surface area contributed by atoms with Gasteiger partial charge in [-0.25, -0.2) is 4.39 Å². The fraction of sp³-hybridized carbons (Fsp3) is 0.280. The monoisotopic (exact) mass is 463 g/mol. The van der Waals surface area contributed by atoms with Crippen LogP contribution in [-0.2, 0) is 19.0 Å². The van der Waals surface area contributed by atoms with Crippen molar-refractivity contribution in [3.63, 3.8) is 0 Å². The Labute approximate surface area is 196 Å². The van der Waals surface area contributed by atoms with E-state index in [1.54, 1.807) is 12.1 Å². The van der Waals surface area contributed by atoms with Crippen LogP contribution in [0.15, 0.2) is 65.8 Å². The zero-order chi connectivity index (χ0) is 23.6. The lowest BCUT2D eigenvalue weighted by molar-refractivity contribution is 0.102. The summed E-state index contributed by atoms with van der Waals surface area (Å²) in [5.41, 5.74) is 3.21. The lowest BCUT2D eigenvalue weighted by Crippen LogP contribution is -2.13. The van der Waals surface area contributed by atoms with E-state index in [-0.39, 0.29) is 22.8 Å². The van der Waals surface area contributed by atoms with E-state index in [0.29, 0.717) is 23.1 Å². The average molecular weight is 464 g/mol. The maximum absolute atomic E-state index is 13.4. The molecule has 0 saturated heterocycles. The van der Waals surface area contributed by atoms with Crippen LogP contribution in [-0.4, -0.2) is 36.1 Å². The van der Waals surface area contributed by atoms with E-state index in [0.717, 1.165) is 17.0 Å². The second-order valence-corrected chi connectivity index (χ2v) is 9.83. The van der Waals surface area contributed by atoms with Gasteiger partial charge in [-0.15, -0.1) is 10.2 Å². The molecule has 170 valence electrons. The molecule has 4 aromatic rings. The second kappa shape index (κ2) is 9.31. The van der Waals surface area contributed by atoms with E-state index < -0.39 is 0 Å². The van der Waals surface area contributed by atoms with Gasteiger partial charge >= 0.3 is 0 Å². The summed E-state index contributed by atoms with van der Waals surface area (Å²) in [5, 5.41) is 14.2. The van der Waals surface area contributed by atoms with Gasteiger partial charge in [0.15, 0.2) is 16.8 Å². The van der Waals surface area contributed by atoms with Gasteiger partial charge in [0, 0.05) is 18.0 Å². The molecule has 0 atom stereocenters. The molecule has 0 spiro atoms. The molecule has 0 aliphatic heterocycles. The smallest absolute Gasteiger partial charge is 0.191 e. The van der Waals surface area contributed by atoms with Crippen molar-refractivity contribution in [2.75, 3.05) is 5.75 Å². The molecule has 33 heavy (non-hydrogen) atoms. The number of hydrogen-bond acceptors (Lipinski definition) is 5. The number of nitrogens with zero attached hydrogens (tertiary/aromatic N) is 5. The molecule has 0 bridgehead atoms. The largest absolute Gasteiger partial charge is 0.304 e. The molecule has 2 heterocycles. The topological polar surface area (TPSA) is 65.6 Å². The van der Waals surface area contributed by atoms with Crippen LogP contribution in [0.1, 0.15) is 42.4 Å². The van der Waals surface area contributed by atoms with Gasteiger partial charge in [-0.05, 0) is 23.8 Å². The van der Waals surface area contributed by atoms with E-state index in [2.05, 4.69) is 31.0 Å². The number of halogens is 1. The number of Topliss-reactive ketones (excluding diaryl/α,β-unsaturated/α-hetero) is 1. The Morgan fingerprint density at radius 1 is 1.03 bits per heavy atom. The number of benzene rings is 2. The Kier molecular flexibility index (Phi) is 6.47. The van der Waals surface area contributed by atoms with Crippen molar-refractivity contribution in [2.24, 2.45) is 7.05 Å². The number of carbonyl (C=O) groups excluding carboxylic acids is 1. The fourth-order valence-electron chi connectivity index (χ4n) is 3.35. The number of ketones is 1. The van der Waals surface area contributed by atoms with Gasteiger partial charge in [0.05, 0.1) is 18.0 Å². The third-order valence-corrected chi connectivity index (χ3v) is 6.31. The maximum Gasteiger partial charge on any atom is 0.191 e. The highest BCUT2D eigenvalue weighted by Crippen LogP contribution is 2.29. The van der Waals surface area contributed by atoms with Crippen LogP contribution in [0.25, 0.3) is 11.5 Å². The van der Waals surface area contributed by atoms with Gasteiger partial charge in [0.25, 0.3) is 0 Å². The van der Waals surface area contributed by atoms with Gasteiger partial charge < -0.3 is 4.57 Å². The first-order valence-electron chi connectivity index (χ1n) is 10.7. The molecule has 0 aliphatic carbocycles. The number of carbonyl (C=O) groups is 1. The fourth-order valence-corrected chi connectivity index (χ4v) is 4.15. The standard InChI is InChI=1S/C25H26FN5OS/c1-25(2,3)22-14-20(31(29-22)15-17-10-12-19(26)13-11-17)23-27-28-24(30(23)4)33-16-21(32)18-8-6-5-7-9-18/h5-14H,15-16H2,1-4H3. The Morgan fingerprint density at radius 2 is 1.73 bits per heavy atom. The second-order valence-electron chi connectivity index (χ2n) is 8.89. The number of hydrogen-bond donors (Lipinski definition) is 0. The summed E-state index contributed by atoms with van der Waals surface area (Å²) in [6.45, 7) is 6.80. The summed E-state index contributed by atoms with van der Waals surface area (Å²) < 4.78 is 17.1. The Morgan fingerprint density at radius 3 is 2.39 bits per heavy atom. The Balaban J connectivity index is 1.61. The van der Waals surface area contributed by atoms with Gasteiger partial charge in [-0.1, -0.05) is 75.0 Å². The zero-order valence-corrected chi connectivity index (χ0v) is 19.9. The molecule has 0 radical (unpaired) electrons. The molecule has 0 amide bonds. The van der Waals surface area contributed by atoms with E-state index in [9.17, 15) is 9.18 Å². The zero-order valence-electron chi connectivity index (χ0n) is 19.1. The van der Waals surface area contributed by atoms with Gasteiger partial charge in [-0.3, -0.25) is 9.48 Å². The molecule has 6 nitrogen and oxygen atoms in total. The first kappa shape index (κ1) is 22.9. The van der Waals surface area contributed by atoms with E-state index in [1.165, 1.54) is 23.9 Å². The van der Waals surface area contributed by atoms with Crippen LogP contribution in [0, 0.1) is 5.82 Å². The molecule has 0 aliphatic rings. The van der Waals surface area contributed by atoms with Crippen LogP contribution >= 0.6 is 11.8 Å². The third kappa shape index (κ3) is 5.22. The predicted octanol–water partition coefficient (Wildman–Crippen LogP) is 5.14. The quantitative estimate of drug-likeness (QED) is 0.281. The summed E-state index contributed by atoms with van der Waals surface area (Å²) >= 11 is 1.36. The minimum Gasteiger partial charge on any atom is -0.304 e. The van der Waals surface area contributed by atoms with Crippen molar-refractivity contribution >= 4 is 17.5 Å². The lowest BCUT2D eigenvalue weighted by Gasteiger charge is -2.14. The molecule has 0 unspecified atom stereocenters. The number of aromatic nitrogens is 5. The van der Waals surface area contributed by atoms with Crippen LogP contribution in [0.2, 0.25) is 0 Å². The van der Waals surface area contributed by atoms with Crippen molar-refractivity contribution in [3.8, 4) is 11.5 Å². The predicted molar refractivity (Wildman–Crippen MR) is 128 cm³/mol. The molecule has 2 aromatic carbocycles. The summed E-state index contributed by atoms with van der Waals surface area (Å²) in [7, 11) is 1.89. The minimum absolute atomic E-state index is 0.0431. The Hall–Kier alpha value is -3.26. The first-order chi connectivity index (χ1) is 15.7. The molecule has 2 aromatic heterocycles.